The molecular formula is C9H11N3O3. The molecule has 0 unspecified atom stereocenters. The maximum Gasteiger partial charge on any atom is 0.325 e. The van der Waals surface area contributed by atoms with E-state index in [-0.39, 0.29) is 18.4 Å². The van der Waals surface area contributed by atoms with Crippen molar-refractivity contribution in [3.8, 4) is 0 Å². The van der Waals surface area contributed by atoms with Gasteiger partial charge in [0.15, 0.2) is 5.82 Å². The van der Waals surface area contributed by atoms with Crippen LogP contribution in [0.3, 0.4) is 0 Å². The number of carbonyl (C=O) groups is 2. The van der Waals surface area contributed by atoms with Crippen molar-refractivity contribution in [1.29, 1.82) is 0 Å². The lowest BCUT2D eigenvalue weighted by molar-refractivity contribution is -0.137. The maximum atomic E-state index is 11.3. The molecule has 2 N–H and O–H groups in total. The molecule has 1 saturated carbocycles. The van der Waals surface area contributed by atoms with Crippen molar-refractivity contribution in [2.45, 2.75) is 19.4 Å². The predicted molar refractivity (Wildman–Crippen MR) is 51.2 cm³/mol. The summed E-state index contributed by atoms with van der Waals surface area (Å²) in [7, 11) is 0. The van der Waals surface area contributed by atoms with Crippen molar-refractivity contribution < 1.29 is 14.7 Å². The molecule has 0 atom stereocenters. The number of carboxylic acid groups (broad SMARTS) is 1. The molecule has 1 aromatic heterocycles. The van der Waals surface area contributed by atoms with E-state index in [9.17, 15) is 9.59 Å². The molecule has 0 radical (unpaired) electrons. The third-order valence-electron chi connectivity index (χ3n) is 2.14. The molecule has 0 bridgehead atoms. The van der Waals surface area contributed by atoms with Gasteiger partial charge in [-0.25, -0.2) is 0 Å². The van der Waals surface area contributed by atoms with Crippen molar-refractivity contribution in [1.82, 2.24) is 9.78 Å². The van der Waals surface area contributed by atoms with Crippen LogP contribution in [0.15, 0.2) is 12.3 Å². The van der Waals surface area contributed by atoms with E-state index in [4.69, 9.17) is 5.11 Å². The van der Waals surface area contributed by atoms with Crippen LogP contribution in [0.2, 0.25) is 0 Å². The Labute approximate surface area is 85.9 Å². The smallest absolute Gasteiger partial charge is 0.325 e. The van der Waals surface area contributed by atoms with Gasteiger partial charge in [0.2, 0.25) is 5.91 Å². The average molecular weight is 209 g/mol. The molecule has 1 aliphatic rings. The van der Waals surface area contributed by atoms with E-state index in [1.807, 2.05) is 0 Å². The minimum atomic E-state index is -0.960. The summed E-state index contributed by atoms with van der Waals surface area (Å²) in [6, 6.07) is 1.59. The highest BCUT2D eigenvalue weighted by atomic mass is 16.4. The van der Waals surface area contributed by atoms with Crippen molar-refractivity contribution >= 4 is 17.7 Å². The minimum absolute atomic E-state index is 0.0319. The third kappa shape index (κ3) is 2.55. The summed E-state index contributed by atoms with van der Waals surface area (Å²) in [5.74, 6) is -0.462. The molecule has 15 heavy (non-hydrogen) atoms. The fourth-order valence-corrected chi connectivity index (χ4v) is 1.23. The number of aliphatic carboxylic acids is 1. The van der Waals surface area contributed by atoms with Crippen molar-refractivity contribution in [3.05, 3.63) is 12.3 Å². The van der Waals surface area contributed by atoms with Crippen molar-refractivity contribution in [3.63, 3.8) is 0 Å². The molecule has 0 aliphatic heterocycles. The number of carboxylic acids is 1. The third-order valence-corrected chi connectivity index (χ3v) is 2.14. The first-order valence-corrected chi connectivity index (χ1v) is 4.71. The summed E-state index contributed by atoms with van der Waals surface area (Å²) in [6.07, 6.45) is 3.39. The van der Waals surface area contributed by atoms with Crippen molar-refractivity contribution in [2.75, 3.05) is 5.32 Å². The number of rotatable bonds is 4. The Bertz CT molecular complexity index is 395. The van der Waals surface area contributed by atoms with Gasteiger partial charge in [0.25, 0.3) is 0 Å². The number of carbonyl (C=O) groups excluding carboxylic acids is 1. The Balaban J connectivity index is 1.94. The highest BCUT2D eigenvalue weighted by Crippen LogP contribution is 2.29. The van der Waals surface area contributed by atoms with Crippen LogP contribution < -0.4 is 5.32 Å². The van der Waals surface area contributed by atoms with E-state index in [0.717, 1.165) is 12.8 Å². The summed E-state index contributed by atoms with van der Waals surface area (Å²) >= 11 is 0. The van der Waals surface area contributed by atoms with Gasteiger partial charge in [-0.3, -0.25) is 14.3 Å². The molecule has 1 heterocycles. The summed E-state index contributed by atoms with van der Waals surface area (Å²) in [6.45, 7) is -0.195. The Hall–Kier alpha value is -1.85. The molecule has 1 aliphatic carbocycles. The van der Waals surface area contributed by atoms with Crippen LogP contribution in [-0.2, 0) is 16.1 Å². The lowest BCUT2D eigenvalue weighted by Crippen LogP contribution is -2.15. The summed E-state index contributed by atoms with van der Waals surface area (Å²) in [5.41, 5.74) is 0. The monoisotopic (exact) mass is 209 g/mol. The molecule has 0 saturated heterocycles. The Kier molecular flexibility index (Phi) is 2.40. The zero-order valence-corrected chi connectivity index (χ0v) is 8.01. The molecule has 1 aromatic rings. The molecule has 0 aromatic carbocycles. The van der Waals surface area contributed by atoms with E-state index in [2.05, 4.69) is 10.4 Å². The fraction of sp³-hybridized carbons (Fsp3) is 0.444. The quantitative estimate of drug-likeness (QED) is 0.747. The number of hydrogen-bond acceptors (Lipinski definition) is 3. The zero-order valence-electron chi connectivity index (χ0n) is 8.01. The zero-order chi connectivity index (χ0) is 10.8. The van der Waals surface area contributed by atoms with Gasteiger partial charge in [-0.1, -0.05) is 0 Å². The Morgan fingerprint density at radius 1 is 1.60 bits per heavy atom. The Morgan fingerprint density at radius 3 is 2.93 bits per heavy atom. The number of nitrogens with one attached hydrogen (secondary N) is 1. The molecule has 0 spiro atoms. The van der Waals surface area contributed by atoms with E-state index < -0.39 is 5.97 Å². The second-order valence-corrected chi connectivity index (χ2v) is 3.56. The van der Waals surface area contributed by atoms with Gasteiger partial charge in [0, 0.05) is 18.2 Å². The Morgan fingerprint density at radius 2 is 2.33 bits per heavy atom. The summed E-state index contributed by atoms with van der Waals surface area (Å²) in [4.78, 5) is 21.7. The number of hydrogen-bond donors (Lipinski definition) is 2. The highest BCUT2D eigenvalue weighted by Gasteiger charge is 2.29. The normalized spacial score (nSPS) is 14.9. The molecule has 2 rings (SSSR count). The van der Waals surface area contributed by atoms with Crippen molar-refractivity contribution in [2.24, 2.45) is 5.92 Å². The molecule has 80 valence electrons. The first-order chi connectivity index (χ1) is 7.15. The predicted octanol–water partition coefficient (Wildman–Crippen LogP) is 0.316. The van der Waals surface area contributed by atoms with E-state index in [1.54, 1.807) is 6.07 Å². The SMILES string of the molecule is O=C(O)Cn1ccc(NC(=O)C2CC2)n1. The van der Waals surface area contributed by atoms with Crippen LogP contribution >= 0.6 is 0 Å². The van der Waals surface area contributed by atoms with Gasteiger partial charge < -0.3 is 10.4 Å². The summed E-state index contributed by atoms with van der Waals surface area (Å²) < 4.78 is 1.27. The minimum Gasteiger partial charge on any atom is -0.480 e. The van der Waals surface area contributed by atoms with Crippen LogP contribution in [0.1, 0.15) is 12.8 Å². The van der Waals surface area contributed by atoms with Gasteiger partial charge >= 0.3 is 5.97 Å². The highest BCUT2D eigenvalue weighted by molar-refractivity contribution is 5.93. The molecular weight excluding hydrogens is 198 g/mol. The molecule has 1 fully saturated rings. The first-order valence-electron chi connectivity index (χ1n) is 4.71. The van der Waals surface area contributed by atoms with Gasteiger partial charge in [-0.15, -0.1) is 0 Å². The molecule has 6 nitrogen and oxygen atoms in total. The number of anilines is 1. The van der Waals surface area contributed by atoms with Crippen LogP contribution in [0, 0.1) is 5.92 Å². The molecule has 1 amide bonds. The van der Waals surface area contributed by atoms with E-state index >= 15 is 0 Å². The second-order valence-electron chi connectivity index (χ2n) is 3.56. The number of amides is 1. The van der Waals surface area contributed by atoms with Gasteiger partial charge in [0.1, 0.15) is 6.54 Å². The largest absolute Gasteiger partial charge is 0.480 e. The number of aromatic nitrogens is 2. The lowest BCUT2D eigenvalue weighted by atomic mass is 10.4. The van der Waals surface area contributed by atoms with Crippen LogP contribution in [-0.4, -0.2) is 26.8 Å². The van der Waals surface area contributed by atoms with Gasteiger partial charge in [-0.2, -0.15) is 5.10 Å². The summed E-state index contributed by atoms with van der Waals surface area (Å²) in [5, 5.41) is 15.0. The standard InChI is InChI=1S/C9H11N3O3/c13-8(14)5-12-4-3-7(11-12)10-9(15)6-1-2-6/h3-4,6H,1-2,5H2,(H,13,14)(H,10,11,15). The first kappa shape index (κ1) is 9.70. The fourth-order valence-electron chi connectivity index (χ4n) is 1.23. The van der Waals surface area contributed by atoms with Crippen LogP contribution in [0.25, 0.3) is 0 Å². The van der Waals surface area contributed by atoms with Gasteiger partial charge in [0.05, 0.1) is 0 Å². The maximum absolute atomic E-state index is 11.3. The topological polar surface area (TPSA) is 84.2 Å². The number of nitrogens with zero attached hydrogens (tertiary/aromatic N) is 2. The van der Waals surface area contributed by atoms with E-state index in [1.165, 1.54) is 10.9 Å². The molecule has 6 heteroatoms. The second kappa shape index (κ2) is 3.72. The lowest BCUT2D eigenvalue weighted by Gasteiger charge is -1.98. The van der Waals surface area contributed by atoms with Crippen LogP contribution in [0.4, 0.5) is 5.82 Å². The van der Waals surface area contributed by atoms with Gasteiger partial charge in [-0.05, 0) is 12.8 Å². The average Bonchev–Trinajstić information content (AvgIpc) is 2.90. The van der Waals surface area contributed by atoms with E-state index in [0.29, 0.717) is 5.82 Å². The van der Waals surface area contributed by atoms with Crippen LogP contribution in [0.5, 0.6) is 0 Å².